The van der Waals surface area contributed by atoms with Crippen LogP contribution in [0.4, 0.5) is 11.4 Å². The molecule has 0 bridgehead atoms. The highest BCUT2D eigenvalue weighted by molar-refractivity contribution is 5.97. The third-order valence-electron chi connectivity index (χ3n) is 3.34. The van der Waals surface area contributed by atoms with Crippen molar-refractivity contribution in [1.82, 2.24) is 0 Å². The zero-order valence-electron chi connectivity index (χ0n) is 10.4. The lowest BCUT2D eigenvalue weighted by atomic mass is 10.1. The minimum absolute atomic E-state index is 0.169. The highest BCUT2D eigenvalue weighted by Crippen LogP contribution is 2.31. The van der Waals surface area contributed by atoms with Crippen LogP contribution in [0, 0.1) is 5.92 Å². The van der Waals surface area contributed by atoms with Gasteiger partial charge in [0, 0.05) is 26.1 Å². The van der Waals surface area contributed by atoms with Crippen molar-refractivity contribution in [3.63, 3.8) is 0 Å². The number of methoxy groups -OCH3 is 1. The van der Waals surface area contributed by atoms with Gasteiger partial charge in [-0.1, -0.05) is 6.07 Å². The van der Waals surface area contributed by atoms with Gasteiger partial charge < -0.3 is 20.5 Å². The topological polar surface area (TPSA) is 75.8 Å². The van der Waals surface area contributed by atoms with Crippen LogP contribution in [-0.4, -0.2) is 37.9 Å². The normalized spacial score (nSPS) is 19.2. The van der Waals surface area contributed by atoms with Crippen molar-refractivity contribution in [2.24, 2.45) is 5.92 Å². The fraction of sp³-hybridized carbons (Fsp3) is 0.462. The first-order chi connectivity index (χ1) is 8.63. The van der Waals surface area contributed by atoms with Crippen molar-refractivity contribution in [3.8, 4) is 0 Å². The molecule has 18 heavy (non-hydrogen) atoms. The molecule has 1 heterocycles. The maximum atomic E-state index is 11.0. The minimum Gasteiger partial charge on any atom is -0.478 e. The summed E-state index contributed by atoms with van der Waals surface area (Å²) in [6.45, 7) is 2.48. The lowest BCUT2D eigenvalue weighted by molar-refractivity contribution is 0.0698. The SMILES string of the molecule is COCC1CCN(c2cccc(C(=O)O)c2N)C1. The molecular formula is C13H18N2O3. The molecular weight excluding hydrogens is 232 g/mol. The summed E-state index contributed by atoms with van der Waals surface area (Å²) >= 11 is 0. The van der Waals surface area contributed by atoms with Crippen LogP contribution in [0.25, 0.3) is 0 Å². The zero-order chi connectivity index (χ0) is 13.1. The van der Waals surface area contributed by atoms with E-state index in [0.29, 0.717) is 11.6 Å². The molecule has 1 unspecified atom stereocenters. The number of anilines is 2. The van der Waals surface area contributed by atoms with E-state index in [4.69, 9.17) is 15.6 Å². The van der Waals surface area contributed by atoms with Gasteiger partial charge in [-0.05, 0) is 18.6 Å². The molecule has 98 valence electrons. The average Bonchev–Trinajstić information content (AvgIpc) is 2.78. The third kappa shape index (κ3) is 2.41. The predicted octanol–water partition coefficient (Wildman–Crippen LogP) is 1.44. The van der Waals surface area contributed by atoms with E-state index in [1.807, 2.05) is 6.07 Å². The summed E-state index contributed by atoms with van der Waals surface area (Å²) in [4.78, 5) is 13.2. The number of hydrogen-bond donors (Lipinski definition) is 2. The Morgan fingerprint density at radius 2 is 2.39 bits per heavy atom. The van der Waals surface area contributed by atoms with Crippen LogP contribution in [-0.2, 0) is 4.74 Å². The second-order valence-corrected chi connectivity index (χ2v) is 4.60. The number of nitrogen functional groups attached to an aromatic ring is 1. The van der Waals surface area contributed by atoms with Crippen LogP contribution in [0.5, 0.6) is 0 Å². The van der Waals surface area contributed by atoms with Gasteiger partial charge >= 0.3 is 5.97 Å². The molecule has 1 aliphatic rings. The van der Waals surface area contributed by atoms with Gasteiger partial charge in [0.1, 0.15) is 0 Å². The van der Waals surface area contributed by atoms with Crippen molar-refractivity contribution >= 4 is 17.3 Å². The lowest BCUT2D eigenvalue weighted by Gasteiger charge is -2.21. The van der Waals surface area contributed by atoms with Gasteiger partial charge in [0.15, 0.2) is 0 Å². The van der Waals surface area contributed by atoms with Crippen molar-refractivity contribution in [3.05, 3.63) is 23.8 Å². The Morgan fingerprint density at radius 1 is 1.61 bits per heavy atom. The first-order valence-corrected chi connectivity index (χ1v) is 5.99. The number of carbonyl (C=O) groups is 1. The van der Waals surface area contributed by atoms with Crippen LogP contribution in [0.2, 0.25) is 0 Å². The van der Waals surface area contributed by atoms with Crippen LogP contribution < -0.4 is 10.6 Å². The quantitative estimate of drug-likeness (QED) is 0.791. The molecule has 0 radical (unpaired) electrons. The van der Waals surface area contributed by atoms with Crippen LogP contribution in [0.3, 0.4) is 0 Å². The average molecular weight is 250 g/mol. The fourth-order valence-corrected chi connectivity index (χ4v) is 2.44. The number of nitrogens with two attached hydrogens (primary N) is 1. The molecule has 3 N–H and O–H groups in total. The van der Waals surface area contributed by atoms with E-state index in [1.54, 1.807) is 13.2 Å². The second-order valence-electron chi connectivity index (χ2n) is 4.60. The molecule has 0 aromatic heterocycles. The summed E-state index contributed by atoms with van der Waals surface area (Å²) in [6.07, 6.45) is 1.05. The Labute approximate surface area is 106 Å². The van der Waals surface area contributed by atoms with Gasteiger partial charge in [0.25, 0.3) is 0 Å². The number of carboxylic acid groups (broad SMARTS) is 1. The molecule has 5 heteroatoms. The summed E-state index contributed by atoms with van der Waals surface area (Å²) in [7, 11) is 1.70. The van der Waals surface area contributed by atoms with Gasteiger partial charge in [-0.3, -0.25) is 0 Å². The number of para-hydroxylation sites is 1. The maximum Gasteiger partial charge on any atom is 0.337 e. The number of aromatic carboxylic acids is 1. The number of nitrogens with zero attached hydrogens (tertiary/aromatic N) is 1. The van der Waals surface area contributed by atoms with Crippen LogP contribution in [0.1, 0.15) is 16.8 Å². The van der Waals surface area contributed by atoms with Gasteiger partial charge in [0.05, 0.1) is 23.5 Å². The highest BCUT2D eigenvalue weighted by Gasteiger charge is 2.25. The Kier molecular flexibility index (Phi) is 3.72. The summed E-state index contributed by atoms with van der Waals surface area (Å²) in [5.74, 6) is -0.495. The number of rotatable bonds is 4. The molecule has 5 nitrogen and oxygen atoms in total. The van der Waals surface area contributed by atoms with Crippen molar-refractivity contribution in [1.29, 1.82) is 0 Å². The maximum absolute atomic E-state index is 11.0. The van der Waals surface area contributed by atoms with Crippen LogP contribution >= 0.6 is 0 Å². The summed E-state index contributed by atoms with van der Waals surface area (Å²) in [6, 6.07) is 5.14. The third-order valence-corrected chi connectivity index (χ3v) is 3.34. The molecule has 0 aliphatic carbocycles. The monoisotopic (exact) mass is 250 g/mol. The number of ether oxygens (including phenoxy) is 1. The largest absolute Gasteiger partial charge is 0.478 e. The molecule has 2 rings (SSSR count). The summed E-state index contributed by atoms with van der Waals surface area (Å²) in [5, 5.41) is 9.05. The molecule has 0 amide bonds. The molecule has 1 fully saturated rings. The first kappa shape index (κ1) is 12.7. The first-order valence-electron chi connectivity index (χ1n) is 5.99. The van der Waals surface area contributed by atoms with E-state index in [9.17, 15) is 4.79 Å². The van der Waals surface area contributed by atoms with Crippen molar-refractivity contribution < 1.29 is 14.6 Å². The van der Waals surface area contributed by atoms with Crippen molar-refractivity contribution in [2.75, 3.05) is 37.4 Å². The highest BCUT2D eigenvalue weighted by atomic mass is 16.5. The van der Waals surface area contributed by atoms with Gasteiger partial charge in [-0.2, -0.15) is 0 Å². The van der Waals surface area contributed by atoms with E-state index >= 15 is 0 Å². The molecule has 1 saturated heterocycles. The number of carboxylic acids is 1. The van der Waals surface area contributed by atoms with Gasteiger partial charge in [-0.25, -0.2) is 4.79 Å². The minimum atomic E-state index is -0.984. The standard InChI is InChI=1S/C13H18N2O3/c1-18-8-9-5-6-15(7-9)11-4-2-3-10(12(11)14)13(16)17/h2-4,9H,5-8,14H2,1H3,(H,16,17). The summed E-state index contributed by atoms with van der Waals surface area (Å²) in [5.41, 5.74) is 7.26. The Bertz CT molecular complexity index is 448. The Balaban J connectivity index is 2.19. The van der Waals surface area contributed by atoms with Crippen LogP contribution in [0.15, 0.2) is 18.2 Å². The molecule has 1 aromatic carbocycles. The van der Waals surface area contributed by atoms with Gasteiger partial charge in [-0.15, -0.1) is 0 Å². The van der Waals surface area contributed by atoms with Gasteiger partial charge in [0.2, 0.25) is 0 Å². The van der Waals surface area contributed by atoms with E-state index in [0.717, 1.165) is 31.8 Å². The second kappa shape index (κ2) is 5.27. The van der Waals surface area contributed by atoms with E-state index < -0.39 is 5.97 Å². The predicted molar refractivity (Wildman–Crippen MR) is 70.0 cm³/mol. The zero-order valence-corrected chi connectivity index (χ0v) is 10.4. The smallest absolute Gasteiger partial charge is 0.337 e. The summed E-state index contributed by atoms with van der Waals surface area (Å²) < 4.78 is 5.15. The Morgan fingerprint density at radius 3 is 3.06 bits per heavy atom. The van der Waals surface area contributed by atoms with E-state index in [1.165, 1.54) is 6.07 Å². The van der Waals surface area contributed by atoms with E-state index in [2.05, 4.69) is 4.90 Å². The molecule has 0 saturated carbocycles. The fourth-order valence-electron chi connectivity index (χ4n) is 2.44. The molecule has 1 atom stereocenters. The van der Waals surface area contributed by atoms with E-state index in [-0.39, 0.29) is 5.56 Å². The lowest BCUT2D eigenvalue weighted by Crippen LogP contribution is -2.22. The molecule has 1 aromatic rings. The molecule has 0 spiro atoms. The number of benzene rings is 1. The Hall–Kier alpha value is -1.75. The molecule has 1 aliphatic heterocycles. The number of hydrogen-bond acceptors (Lipinski definition) is 4. The van der Waals surface area contributed by atoms with Crippen molar-refractivity contribution in [2.45, 2.75) is 6.42 Å².